The lowest BCUT2D eigenvalue weighted by atomic mass is 9.88. The van der Waals surface area contributed by atoms with Gasteiger partial charge in [-0.3, -0.25) is 4.79 Å². The molecule has 1 fully saturated rings. The van der Waals surface area contributed by atoms with Crippen molar-refractivity contribution in [2.75, 3.05) is 7.05 Å². The normalized spacial score (nSPS) is 20.1. The van der Waals surface area contributed by atoms with Crippen LogP contribution in [0.4, 0.5) is 0 Å². The quantitative estimate of drug-likeness (QED) is 0.666. The minimum absolute atomic E-state index is 0.0221. The van der Waals surface area contributed by atoms with E-state index in [4.69, 9.17) is 0 Å². The summed E-state index contributed by atoms with van der Waals surface area (Å²) in [4.78, 5) is 26.9. The van der Waals surface area contributed by atoms with E-state index in [0.29, 0.717) is 6.42 Å². The molecule has 6 heteroatoms. The molecule has 1 aliphatic heterocycles. The van der Waals surface area contributed by atoms with Gasteiger partial charge in [0.05, 0.1) is 11.6 Å². The van der Waals surface area contributed by atoms with Gasteiger partial charge in [-0.15, -0.1) is 11.3 Å². The third kappa shape index (κ3) is 3.69. The number of amides is 1. The van der Waals surface area contributed by atoms with Crippen LogP contribution in [0, 0.1) is 0 Å². The number of carboxylic acid groups (broad SMARTS) is 1. The Morgan fingerprint density at radius 1 is 1.10 bits per heavy atom. The van der Waals surface area contributed by atoms with Crippen molar-refractivity contribution >= 4 is 23.2 Å². The zero-order valence-electron chi connectivity index (χ0n) is 15.9. The van der Waals surface area contributed by atoms with Gasteiger partial charge < -0.3 is 15.1 Å². The topological polar surface area (TPSA) is 77.8 Å². The molecule has 1 saturated heterocycles. The number of carboxylic acids is 1. The summed E-state index contributed by atoms with van der Waals surface area (Å²) in [5.41, 5.74) is 2.06. The molecule has 0 bridgehead atoms. The van der Waals surface area contributed by atoms with Crippen LogP contribution in [-0.2, 0) is 4.79 Å². The molecule has 1 aromatic heterocycles. The molecule has 0 unspecified atom stereocenters. The van der Waals surface area contributed by atoms with Crippen molar-refractivity contribution in [1.29, 1.82) is 0 Å². The molecule has 148 valence electrons. The van der Waals surface area contributed by atoms with Gasteiger partial charge in [0, 0.05) is 29.1 Å². The predicted molar refractivity (Wildman–Crippen MR) is 112 cm³/mol. The van der Waals surface area contributed by atoms with E-state index in [1.807, 2.05) is 48.5 Å². The van der Waals surface area contributed by atoms with E-state index in [-0.39, 0.29) is 23.4 Å². The van der Waals surface area contributed by atoms with Gasteiger partial charge in [-0.25, -0.2) is 4.79 Å². The molecule has 3 atom stereocenters. The predicted octanol–water partition coefficient (Wildman–Crippen LogP) is 4.16. The fourth-order valence-electron chi connectivity index (χ4n) is 3.98. The van der Waals surface area contributed by atoms with E-state index in [1.54, 1.807) is 30.1 Å². The summed E-state index contributed by atoms with van der Waals surface area (Å²) in [6, 6.07) is 20.0. The SMILES string of the molecule is CN1C(=O)C[C@H](c2ccccc2)[C@@H]1[C@H](O)c1ccc(-c2cccc(C(=O)O)c2)s1. The first-order valence-electron chi connectivity index (χ1n) is 9.38. The van der Waals surface area contributed by atoms with Crippen LogP contribution in [-0.4, -0.2) is 40.1 Å². The summed E-state index contributed by atoms with van der Waals surface area (Å²) >= 11 is 1.42. The van der Waals surface area contributed by atoms with E-state index in [0.717, 1.165) is 20.9 Å². The van der Waals surface area contributed by atoms with Crippen LogP contribution in [0.5, 0.6) is 0 Å². The number of hydrogen-bond acceptors (Lipinski definition) is 4. The number of likely N-dealkylation sites (tertiary alicyclic amines) is 1. The highest BCUT2D eigenvalue weighted by molar-refractivity contribution is 7.15. The van der Waals surface area contributed by atoms with Crippen LogP contribution in [0.1, 0.15) is 39.2 Å². The van der Waals surface area contributed by atoms with Crippen molar-refractivity contribution < 1.29 is 19.8 Å². The third-order valence-corrected chi connectivity index (χ3v) is 6.72. The Kier molecular flexibility index (Phi) is 5.22. The summed E-state index contributed by atoms with van der Waals surface area (Å²) in [7, 11) is 1.74. The van der Waals surface area contributed by atoms with E-state index in [1.165, 1.54) is 11.3 Å². The van der Waals surface area contributed by atoms with Gasteiger partial charge in [-0.2, -0.15) is 0 Å². The van der Waals surface area contributed by atoms with E-state index >= 15 is 0 Å². The standard InChI is InChI=1S/C23H21NO4S/c1-24-20(25)13-17(14-6-3-2-4-7-14)21(24)22(26)19-11-10-18(29-19)15-8-5-9-16(12-15)23(27)28/h2-12,17,21-22,26H,13H2,1H3,(H,27,28)/t17-,21-,22-/m1/s1. The Labute approximate surface area is 172 Å². The van der Waals surface area contributed by atoms with Crippen LogP contribution in [0.25, 0.3) is 10.4 Å². The molecule has 0 radical (unpaired) electrons. The van der Waals surface area contributed by atoms with Crippen LogP contribution in [0.15, 0.2) is 66.7 Å². The molecule has 4 rings (SSSR count). The number of carbonyl (C=O) groups excluding carboxylic acids is 1. The fourth-order valence-corrected chi connectivity index (χ4v) is 5.01. The zero-order chi connectivity index (χ0) is 20.5. The molecule has 1 aliphatic rings. The van der Waals surface area contributed by atoms with Gasteiger partial charge in [0.2, 0.25) is 5.91 Å². The number of carbonyl (C=O) groups is 2. The first-order chi connectivity index (χ1) is 14.0. The summed E-state index contributed by atoms with van der Waals surface area (Å²) < 4.78 is 0. The van der Waals surface area contributed by atoms with Gasteiger partial charge in [0.1, 0.15) is 6.10 Å². The van der Waals surface area contributed by atoms with Gasteiger partial charge in [0.25, 0.3) is 0 Å². The second kappa shape index (κ2) is 7.81. The third-order valence-electron chi connectivity index (χ3n) is 5.51. The van der Waals surface area contributed by atoms with Crippen molar-refractivity contribution in [2.45, 2.75) is 24.5 Å². The van der Waals surface area contributed by atoms with Crippen molar-refractivity contribution in [3.63, 3.8) is 0 Å². The number of hydrogen-bond donors (Lipinski definition) is 2. The van der Waals surface area contributed by atoms with Gasteiger partial charge in [-0.1, -0.05) is 42.5 Å². The summed E-state index contributed by atoms with van der Waals surface area (Å²) in [6.07, 6.45) is -0.445. The molecule has 5 nitrogen and oxygen atoms in total. The summed E-state index contributed by atoms with van der Waals surface area (Å²) in [5, 5.41) is 20.4. The average Bonchev–Trinajstić information content (AvgIpc) is 3.34. The first kappa shape index (κ1) is 19.4. The van der Waals surface area contributed by atoms with E-state index in [9.17, 15) is 19.8 Å². The number of benzene rings is 2. The van der Waals surface area contributed by atoms with Gasteiger partial charge >= 0.3 is 5.97 Å². The van der Waals surface area contributed by atoms with E-state index in [2.05, 4.69) is 0 Å². The number of thiophene rings is 1. The molecular weight excluding hydrogens is 386 g/mol. The molecule has 2 aromatic carbocycles. The number of aliphatic hydroxyl groups is 1. The lowest BCUT2D eigenvalue weighted by Gasteiger charge is -2.29. The highest BCUT2D eigenvalue weighted by Crippen LogP contribution is 2.42. The molecule has 3 aromatic rings. The monoisotopic (exact) mass is 407 g/mol. The van der Waals surface area contributed by atoms with Crippen molar-refractivity contribution in [2.24, 2.45) is 0 Å². The lowest BCUT2D eigenvalue weighted by molar-refractivity contribution is -0.128. The Morgan fingerprint density at radius 2 is 1.86 bits per heavy atom. The maximum Gasteiger partial charge on any atom is 0.335 e. The van der Waals surface area contributed by atoms with Crippen molar-refractivity contribution in [3.8, 4) is 10.4 Å². The second-order valence-electron chi connectivity index (χ2n) is 7.25. The second-order valence-corrected chi connectivity index (χ2v) is 8.36. The maximum atomic E-state index is 12.4. The zero-order valence-corrected chi connectivity index (χ0v) is 16.7. The molecule has 0 saturated carbocycles. The largest absolute Gasteiger partial charge is 0.478 e. The lowest BCUT2D eigenvalue weighted by Crippen LogP contribution is -2.36. The minimum atomic E-state index is -0.972. The van der Waals surface area contributed by atoms with Crippen LogP contribution in [0.3, 0.4) is 0 Å². The molecule has 2 heterocycles. The first-order valence-corrected chi connectivity index (χ1v) is 10.2. The molecule has 0 spiro atoms. The van der Waals surface area contributed by atoms with Gasteiger partial charge in [0.15, 0.2) is 0 Å². The fraction of sp³-hybridized carbons (Fsp3) is 0.217. The highest BCUT2D eigenvalue weighted by Gasteiger charge is 2.43. The number of nitrogens with zero attached hydrogens (tertiary/aromatic N) is 1. The number of rotatable bonds is 5. The molecular formula is C23H21NO4S. The number of likely N-dealkylation sites (N-methyl/N-ethyl adjacent to an activating group) is 1. The Hall–Kier alpha value is -2.96. The summed E-state index contributed by atoms with van der Waals surface area (Å²) in [6.45, 7) is 0. The van der Waals surface area contributed by atoms with Crippen molar-refractivity contribution in [3.05, 3.63) is 82.7 Å². The Balaban J connectivity index is 1.64. The van der Waals surface area contributed by atoms with Crippen LogP contribution >= 0.6 is 11.3 Å². The molecule has 29 heavy (non-hydrogen) atoms. The Morgan fingerprint density at radius 3 is 2.59 bits per heavy atom. The molecule has 0 aliphatic carbocycles. The maximum absolute atomic E-state index is 12.4. The smallest absolute Gasteiger partial charge is 0.335 e. The number of aromatic carboxylic acids is 1. The minimum Gasteiger partial charge on any atom is -0.478 e. The molecule has 1 amide bonds. The van der Waals surface area contributed by atoms with Crippen LogP contribution < -0.4 is 0 Å². The number of aliphatic hydroxyl groups excluding tert-OH is 1. The van der Waals surface area contributed by atoms with E-state index < -0.39 is 12.1 Å². The highest BCUT2D eigenvalue weighted by atomic mass is 32.1. The average molecular weight is 407 g/mol. The molecule has 2 N–H and O–H groups in total. The summed E-state index contributed by atoms with van der Waals surface area (Å²) in [5.74, 6) is -1.03. The Bertz CT molecular complexity index is 1050. The van der Waals surface area contributed by atoms with Gasteiger partial charge in [-0.05, 0) is 35.4 Å². The van der Waals surface area contributed by atoms with Crippen molar-refractivity contribution in [1.82, 2.24) is 4.90 Å². The van der Waals surface area contributed by atoms with Crippen LogP contribution in [0.2, 0.25) is 0 Å².